The Bertz CT molecular complexity index is 1150. The zero-order valence-corrected chi connectivity index (χ0v) is 18.3. The van der Waals surface area contributed by atoms with Crippen LogP contribution in [0.2, 0.25) is 5.02 Å². The molecule has 4 atom stereocenters. The van der Waals surface area contributed by atoms with Gasteiger partial charge in [0.2, 0.25) is 0 Å². The van der Waals surface area contributed by atoms with Crippen molar-refractivity contribution in [2.45, 2.75) is 24.9 Å². The third kappa shape index (κ3) is 4.04. The first-order chi connectivity index (χ1) is 15.3. The monoisotopic (exact) mass is 446 g/mol. The number of hydrogen-bond donors (Lipinski definition) is 1. The van der Waals surface area contributed by atoms with E-state index in [0.29, 0.717) is 21.7 Å². The Morgan fingerprint density at radius 1 is 0.844 bits per heavy atom. The number of ketones is 3. The van der Waals surface area contributed by atoms with Gasteiger partial charge in [0, 0.05) is 28.5 Å². The van der Waals surface area contributed by atoms with Gasteiger partial charge in [-0.3, -0.25) is 14.4 Å². The molecule has 0 radical (unpaired) electrons. The molecule has 1 N–H and O–H groups in total. The molecule has 1 aliphatic carbocycles. The predicted molar refractivity (Wildman–Crippen MR) is 123 cm³/mol. The minimum atomic E-state index is -1.64. The molecule has 0 aliphatic heterocycles. The normalized spacial score (nSPS) is 25.3. The van der Waals surface area contributed by atoms with Crippen molar-refractivity contribution in [2.75, 3.05) is 0 Å². The van der Waals surface area contributed by atoms with E-state index in [0.717, 1.165) is 0 Å². The van der Waals surface area contributed by atoms with Gasteiger partial charge in [-0.1, -0.05) is 90.5 Å². The molecular weight excluding hydrogens is 424 g/mol. The first kappa shape index (κ1) is 22.1. The van der Waals surface area contributed by atoms with Gasteiger partial charge in [0.25, 0.3) is 0 Å². The summed E-state index contributed by atoms with van der Waals surface area (Å²) >= 11 is 6.51. The number of halogens is 1. The fourth-order valence-corrected chi connectivity index (χ4v) is 5.04. The second kappa shape index (κ2) is 8.81. The van der Waals surface area contributed by atoms with Crippen molar-refractivity contribution < 1.29 is 19.5 Å². The first-order valence-electron chi connectivity index (χ1n) is 10.5. The molecule has 1 fully saturated rings. The van der Waals surface area contributed by atoms with Gasteiger partial charge in [0.05, 0.1) is 17.4 Å². The second-order valence-corrected chi connectivity index (χ2v) is 8.87. The van der Waals surface area contributed by atoms with E-state index in [-0.39, 0.29) is 18.0 Å². The van der Waals surface area contributed by atoms with Crippen LogP contribution < -0.4 is 0 Å². The summed E-state index contributed by atoms with van der Waals surface area (Å²) in [5, 5.41) is 11.7. The summed E-state index contributed by atoms with van der Waals surface area (Å²) in [5.74, 6) is -4.15. The molecule has 0 spiro atoms. The van der Waals surface area contributed by atoms with E-state index in [4.69, 9.17) is 11.6 Å². The van der Waals surface area contributed by atoms with Crippen LogP contribution in [0.3, 0.4) is 0 Å². The van der Waals surface area contributed by atoms with Crippen molar-refractivity contribution in [3.05, 3.63) is 107 Å². The average Bonchev–Trinajstić information content (AvgIpc) is 2.79. The van der Waals surface area contributed by atoms with E-state index < -0.39 is 29.1 Å². The highest BCUT2D eigenvalue weighted by Gasteiger charge is 2.56. The highest BCUT2D eigenvalue weighted by atomic mass is 35.5. The number of benzene rings is 3. The minimum absolute atomic E-state index is 0.291. The molecule has 5 heteroatoms. The average molecular weight is 447 g/mol. The molecule has 0 aromatic heterocycles. The molecule has 4 nitrogen and oxygen atoms in total. The summed E-state index contributed by atoms with van der Waals surface area (Å²) in [7, 11) is 0. The highest BCUT2D eigenvalue weighted by molar-refractivity contribution is 6.31. The molecule has 32 heavy (non-hydrogen) atoms. The zero-order chi connectivity index (χ0) is 22.9. The number of carbonyl (C=O) groups is 3. The number of carbonyl (C=O) groups excluding carboxylic acids is 3. The Hall–Kier alpha value is -3.08. The third-order valence-electron chi connectivity index (χ3n) is 6.21. The van der Waals surface area contributed by atoms with Crippen molar-refractivity contribution in [1.29, 1.82) is 0 Å². The third-order valence-corrected chi connectivity index (χ3v) is 6.56. The van der Waals surface area contributed by atoms with E-state index in [1.807, 2.05) is 0 Å². The molecular formula is C27H23ClO4. The number of rotatable bonds is 5. The van der Waals surface area contributed by atoms with Crippen LogP contribution in [0.15, 0.2) is 84.9 Å². The van der Waals surface area contributed by atoms with Gasteiger partial charge >= 0.3 is 0 Å². The van der Waals surface area contributed by atoms with Crippen LogP contribution in [-0.4, -0.2) is 28.1 Å². The van der Waals surface area contributed by atoms with Crippen LogP contribution in [0.4, 0.5) is 0 Å². The molecule has 1 saturated carbocycles. The molecule has 0 amide bonds. The lowest BCUT2D eigenvalue weighted by Crippen LogP contribution is -2.54. The maximum atomic E-state index is 13.7. The van der Waals surface area contributed by atoms with Gasteiger partial charge < -0.3 is 5.11 Å². The van der Waals surface area contributed by atoms with E-state index in [1.165, 1.54) is 6.92 Å². The summed E-state index contributed by atoms with van der Waals surface area (Å²) < 4.78 is 0. The smallest absolute Gasteiger partial charge is 0.173 e. The Balaban J connectivity index is 1.91. The Morgan fingerprint density at radius 3 is 1.91 bits per heavy atom. The van der Waals surface area contributed by atoms with Gasteiger partial charge in [0.15, 0.2) is 11.6 Å². The van der Waals surface area contributed by atoms with E-state index in [9.17, 15) is 19.5 Å². The van der Waals surface area contributed by atoms with Crippen molar-refractivity contribution in [2.24, 2.45) is 11.8 Å². The Kier molecular flexibility index (Phi) is 6.09. The Labute approximate surface area is 191 Å². The van der Waals surface area contributed by atoms with Crippen LogP contribution >= 0.6 is 11.6 Å². The fourth-order valence-electron chi connectivity index (χ4n) is 4.78. The van der Waals surface area contributed by atoms with Crippen LogP contribution in [0.25, 0.3) is 0 Å². The minimum Gasteiger partial charge on any atom is -0.389 e. The van der Waals surface area contributed by atoms with Gasteiger partial charge in [-0.15, -0.1) is 0 Å². The van der Waals surface area contributed by atoms with Gasteiger partial charge in [-0.05, 0) is 18.6 Å². The van der Waals surface area contributed by atoms with Crippen molar-refractivity contribution in [1.82, 2.24) is 0 Å². The van der Waals surface area contributed by atoms with Crippen LogP contribution in [0, 0.1) is 11.8 Å². The lowest BCUT2D eigenvalue weighted by Gasteiger charge is -2.45. The van der Waals surface area contributed by atoms with Gasteiger partial charge in [-0.25, -0.2) is 0 Å². The van der Waals surface area contributed by atoms with Crippen molar-refractivity contribution in [3.63, 3.8) is 0 Å². The predicted octanol–water partition coefficient (Wildman–Crippen LogP) is 5.15. The van der Waals surface area contributed by atoms with E-state index >= 15 is 0 Å². The summed E-state index contributed by atoms with van der Waals surface area (Å²) in [6.45, 7) is 1.49. The SMILES string of the molecule is CC1(O)CC(=O)C(C(=O)c2ccccc2)C(c2ccccc2Cl)C1C(=O)c1ccccc1. The van der Waals surface area contributed by atoms with E-state index in [1.54, 1.807) is 84.9 Å². The van der Waals surface area contributed by atoms with E-state index in [2.05, 4.69) is 0 Å². The zero-order valence-electron chi connectivity index (χ0n) is 17.6. The second-order valence-electron chi connectivity index (χ2n) is 8.46. The van der Waals surface area contributed by atoms with Gasteiger partial charge in [0.1, 0.15) is 5.78 Å². The van der Waals surface area contributed by atoms with Crippen LogP contribution in [0.5, 0.6) is 0 Å². The fraction of sp³-hybridized carbons (Fsp3) is 0.222. The largest absolute Gasteiger partial charge is 0.389 e. The summed E-state index contributed by atoms with van der Waals surface area (Å²) in [6, 6.07) is 24.1. The summed E-state index contributed by atoms with van der Waals surface area (Å²) in [6.07, 6.45) is -0.291. The molecule has 3 aromatic carbocycles. The molecule has 4 rings (SSSR count). The van der Waals surface area contributed by atoms with Crippen LogP contribution in [0.1, 0.15) is 45.5 Å². The Morgan fingerprint density at radius 2 is 1.34 bits per heavy atom. The molecule has 4 unspecified atom stereocenters. The van der Waals surface area contributed by atoms with Crippen molar-refractivity contribution >= 4 is 29.0 Å². The van der Waals surface area contributed by atoms with Crippen LogP contribution in [-0.2, 0) is 4.79 Å². The molecule has 1 aliphatic rings. The molecule has 0 saturated heterocycles. The maximum absolute atomic E-state index is 13.7. The number of Topliss-reactive ketones (excluding diaryl/α,β-unsaturated/α-hetero) is 3. The summed E-state index contributed by atoms with van der Waals surface area (Å²) in [4.78, 5) is 40.5. The quantitative estimate of drug-likeness (QED) is 0.435. The molecule has 0 heterocycles. The first-order valence-corrected chi connectivity index (χ1v) is 10.9. The van der Waals surface area contributed by atoms with Crippen molar-refractivity contribution in [3.8, 4) is 0 Å². The van der Waals surface area contributed by atoms with Gasteiger partial charge in [-0.2, -0.15) is 0 Å². The maximum Gasteiger partial charge on any atom is 0.173 e. The molecule has 3 aromatic rings. The lowest BCUT2D eigenvalue weighted by atomic mass is 9.58. The molecule has 0 bridgehead atoms. The topological polar surface area (TPSA) is 71.4 Å². The molecule has 162 valence electrons. The lowest BCUT2D eigenvalue weighted by molar-refractivity contribution is -0.134. The number of aliphatic hydroxyl groups is 1. The number of hydrogen-bond acceptors (Lipinski definition) is 4. The summed E-state index contributed by atoms with van der Waals surface area (Å²) in [5.41, 5.74) is -0.335. The standard InChI is InChI=1S/C27H23ClO4/c1-27(32)16-21(29)23(25(30)17-10-4-2-5-11-17)22(19-14-8-9-15-20(19)28)24(27)26(31)18-12-6-3-7-13-18/h2-15,22-24,32H,16H2,1H3. The highest BCUT2D eigenvalue weighted by Crippen LogP contribution is 2.49.